The zero-order valence-corrected chi connectivity index (χ0v) is 19.5. The second-order valence-electron chi connectivity index (χ2n) is 8.38. The van der Waals surface area contributed by atoms with Gasteiger partial charge in [0.1, 0.15) is 11.5 Å². The Morgan fingerprint density at radius 3 is 2.69 bits per heavy atom. The largest absolute Gasteiger partial charge is 0.497 e. The number of halogens is 3. The van der Waals surface area contributed by atoms with E-state index in [1.54, 1.807) is 13.4 Å². The minimum absolute atomic E-state index is 0.346. The van der Waals surface area contributed by atoms with Gasteiger partial charge in [-0.1, -0.05) is 12.1 Å². The molecule has 190 valence electrons. The van der Waals surface area contributed by atoms with Crippen LogP contribution in [0.15, 0.2) is 65.4 Å². The predicted molar refractivity (Wildman–Crippen MR) is 125 cm³/mol. The van der Waals surface area contributed by atoms with Crippen molar-refractivity contribution < 1.29 is 32.2 Å². The van der Waals surface area contributed by atoms with Crippen molar-refractivity contribution in [1.29, 1.82) is 0 Å². The van der Waals surface area contributed by atoms with Crippen LogP contribution in [0.5, 0.6) is 5.75 Å². The Hall–Kier alpha value is -3.86. The second-order valence-corrected chi connectivity index (χ2v) is 8.38. The third kappa shape index (κ3) is 6.22. The summed E-state index contributed by atoms with van der Waals surface area (Å²) in [6, 6.07) is 16.2. The molecule has 11 heteroatoms. The summed E-state index contributed by atoms with van der Waals surface area (Å²) in [6.07, 6.45) is 0.967. The van der Waals surface area contributed by atoms with E-state index in [1.165, 1.54) is 0 Å². The number of ether oxygens (including phenoxy) is 1. The number of rotatable bonds is 5. The topological polar surface area (TPSA) is 93.1 Å². The van der Waals surface area contributed by atoms with Crippen molar-refractivity contribution in [2.75, 3.05) is 20.2 Å². The van der Waals surface area contributed by atoms with E-state index in [0.29, 0.717) is 5.92 Å². The quantitative estimate of drug-likeness (QED) is 0.410. The van der Waals surface area contributed by atoms with Crippen LogP contribution in [0.3, 0.4) is 0 Å². The summed E-state index contributed by atoms with van der Waals surface area (Å²) in [5.74, 6) is 0.376. The van der Waals surface area contributed by atoms with Crippen LogP contribution in [-0.4, -0.2) is 56.9 Å². The van der Waals surface area contributed by atoms with Gasteiger partial charge in [-0.25, -0.2) is 14.3 Å². The molecule has 36 heavy (non-hydrogen) atoms. The highest BCUT2D eigenvalue weighted by Gasteiger charge is 2.38. The number of furan rings is 1. The summed E-state index contributed by atoms with van der Waals surface area (Å²) in [5, 5.41) is 11.9. The maximum atomic E-state index is 10.6. The number of piperidine rings is 1. The standard InChI is InChI=1S/C23H24N4O2.C2HF3O2/c1-28-20-7-2-5-17(13-20)18-9-10-22-24-23(25-27(22)15-18)19-6-3-11-26(14-19)16-21-8-4-12-29-21;3-2(4,5)1(6)7/h2,4-5,7-10,12-13,15,19H,3,6,11,14,16H2,1H3;(H,6,7). The maximum absolute atomic E-state index is 10.6. The van der Waals surface area contributed by atoms with Crippen LogP contribution in [0.4, 0.5) is 13.2 Å². The lowest BCUT2D eigenvalue weighted by Crippen LogP contribution is -2.34. The minimum Gasteiger partial charge on any atom is -0.497 e. The molecule has 1 saturated heterocycles. The summed E-state index contributed by atoms with van der Waals surface area (Å²) < 4.78 is 44.5. The molecule has 1 unspecified atom stereocenters. The Morgan fingerprint density at radius 2 is 2.00 bits per heavy atom. The summed E-state index contributed by atoms with van der Waals surface area (Å²) in [4.78, 5) is 16.1. The van der Waals surface area contributed by atoms with Crippen molar-refractivity contribution in [1.82, 2.24) is 19.5 Å². The van der Waals surface area contributed by atoms with Crippen LogP contribution < -0.4 is 4.74 Å². The van der Waals surface area contributed by atoms with Gasteiger partial charge in [0.15, 0.2) is 11.5 Å². The summed E-state index contributed by atoms with van der Waals surface area (Å²) in [5.41, 5.74) is 3.08. The van der Waals surface area contributed by atoms with E-state index in [2.05, 4.69) is 17.0 Å². The lowest BCUT2D eigenvalue weighted by atomic mass is 9.97. The number of likely N-dealkylation sites (tertiary alicyclic amines) is 1. The summed E-state index contributed by atoms with van der Waals surface area (Å²) >= 11 is 0. The molecule has 4 aromatic rings. The van der Waals surface area contributed by atoms with Gasteiger partial charge in [-0.15, -0.1) is 0 Å². The third-order valence-electron chi connectivity index (χ3n) is 5.82. The molecule has 0 aliphatic carbocycles. The number of aliphatic carboxylic acids is 1. The first-order chi connectivity index (χ1) is 17.2. The van der Waals surface area contributed by atoms with Gasteiger partial charge in [0.25, 0.3) is 0 Å². The highest BCUT2D eigenvalue weighted by Crippen LogP contribution is 2.28. The average Bonchev–Trinajstić information content (AvgIpc) is 3.53. The Morgan fingerprint density at radius 1 is 1.19 bits per heavy atom. The molecule has 4 heterocycles. The number of hydrogen-bond acceptors (Lipinski definition) is 6. The van der Waals surface area contributed by atoms with Crippen molar-refractivity contribution in [3.05, 3.63) is 72.6 Å². The Balaban J connectivity index is 0.000000384. The number of fused-ring (bicyclic) bond motifs is 1. The van der Waals surface area contributed by atoms with Gasteiger partial charge in [0, 0.05) is 24.2 Å². The zero-order chi connectivity index (χ0) is 25.7. The fraction of sp³-hybridized carbons (Fsp3) is 0.320. The molecule has 0 saturated carbocycles. The highest BCUT2D eigenvalue weighted by molar-refractivity contribution is 5.73. The van der Waals surface area contributed by atoms with Crippen LogP contribution in [0.25, 0.3) is 16.8 Å². The number of carboxylic acids is 1. The molecule has 0 bridgehead atoms. The van der Waals surface area contributed by atoms with E-state index >= 15 is 0 Å². The molecule has 5 rings (SSSR count). The number of alkyl halides is 3. The van der Waals surface area contributed by atoms with E-state index < -0.39 is 12.1 Å². The Kier molecular flexibility index (Phi) is 7.58. The van der Waals surface area contributed by atoms with Crippen molar-refractivity contribution >= 4 is 11.6 Å². The Bertz CT molecular complexity index is 1300. The van der Waals surface area contributed by atoms with Gasteiger partial charge in [-0.3, -0.25) is 4.90 Å². The zero-order valence-electron chi connectivity index (χ0n) is 19.5. The van der Waals surface area contributed by atoms with Crippen LogP contribution >= 0.6 is 0 Å². The monoisotopic (exact) mass is 502 g/mol. The SMILES string of the molecule is COc1cccc(-c2ccc3nc(C4CCCN(Cc5ccco5)C4)nn3c2)c1.O=C(O)C(F)(F)F. The Labute approximate surface area is 204 Å². The summed E-state index contributed by atoms with van der Waals surface area (Å²) in [6.45, 7) is 2.89. The molecule has 1 atom stereocenters. The molecule has 1 aromatic carbocycles. The van der Waals surface area contributed by atoms with Gasteiger partial charge in [0.05, 0.1) is 19.9 Å². The molecule has 0 radical (unpaired) electrons. The molecule has 1 fully saturated rings. The first kappa shape index (κ1) is 25.2. The second kappa shape index (κ2) is 10.8. The van der Waals surface area contributed by atoms with E-state index in [0.717, 1.165) is 66.6 Å². The summed E-state index contributed by atoms with van der Waals surface area (Å²) in [7, 11) is 1.69. The van der Waals surface area contributed by atoms with E-state index in [1.807, 2.05) is 47.1 Å². The minimum atomic E-state index is -5.08. The number of benzene rings is 1. The van der Waals surface area contributed by atoms with E-state index in [9.17, 15) is 13.2 Å². The normalized spacial score (nSPS) is 16.4. The van der Waals surface area contributed by atoms with Gasteiger partial charge >= 0.3 is 12.1 Å². The van der Waals surface area contributed by atoms with E-state index in [-0.39, 0.29) is 0 Å². The highest BCUT2D eigenvalue weighted by atomic mass is 19.4. The van der Waals surface area contributed by atoms with Crippen LogP contribution in [0.1, 0.15) is 30.3 Å². The molecule has 1 aliphatic heterocycles. The number of hydrogen-bond donors (Lipinski definition) is 1. The molecular weight excluding hydrogens is 477 g/mol. The molecule has 1 N–H and O–H groups in total. The van der Waals surface area contributed by atoms with Gasteiger partial charge in [-0.2, -0.15) is 18.3 Å². The molecule has 3 aromatic heterocycles. The fourth-order valence-corrected chi connectivity index (χ4v) is 4.08. The third-order valence-corrected chi connectivity index (χ3v) is 5.82. The number of carboxylic acid groups (broad SMARTS) is 1. The lowest BCUT2D eigenvalue weighted by molar-refractivity contribution is -0.192. The van der Waals surface area contributed by atoms with Crippen LogP contribution in [0, 0.1) is 0 Å². The van der Waals surface area contributed by atoms with Gasteiger partial charge < -0.3 is 14.3 Å². The van der Waals surface area contributed by atoms with Crippen molar-refractivity contribution in [2.24, 2.45) is 0 Å². The van der Waals surface area contributed by atoms with Gasteiger partial charge in [0.2, 0.25) is 0 Å². The van der Waals surface area contributed by atoms with E-state index in [4.69, 9.17) is 29.1 Å². The average molecular weight is 502 g/mol. The predicted octanol–water partition coefficient (Wildman–Crippen LogP) is 5.01. The number of pyridine rings is 1. The van der Waals surface area contributed by atoms with Crippen LogP contribution in [0.2, 0.25) is 0 Å². The number of carbonyl (C=O) groups is 1. The first-order valence-electron chi connectivity index (χ1n) is 11.3. The number of aromatic nitrogens is 3. The van der Waals surface area contributed by atoms with Crippen LogP contribution in [-0.2, 0) is 11.3 Å². The van der Waals surface area contributed by atoms with Crippen molar-refractivity contribution in [2.45, 2.75) is 31.5 Å². The van der Waals surface area contributed by atoms with Crippen molar-refractivity contribution in [3.63, 3.8) is 0 Å². The number of nitrogens with zero attached hydrogens (tertiary/aromatic N) is 4. The first-order valence-corrected chi connectivity index (χ1v) is 11.3. The molecule has 8 nitrogen and oxygen atoms in total. The smallest absolute Gasteiger partial charge is 0.490 e. The fourth-order valence-electron chi connectivity index (χ4n) is 4.08. The van der Waals surface area contributed by atoms with Gasteiger partial charge in [-0.05, 0) is 61.3 Å². The molecule has 0 amide bonds. The van der Waals surface area contributed by atoms with Crippen molar-refractivity contribution in [3.8, 4) is 16.9 Å². The molecule has 1 aliphatic rings. The molecular formula is C25H25F3N4O4. The number of methoxy groups -OCH3 is 1. The molecule has 0 spiro atoms. The maximum Gasteiger partial charge on any atom is 0.490 e. The lowest BCUT2D eigenvalue weighted by Gasteiger charge is -2.30.